The zero-order valence-electron chi connectivity index (χ0n) is 15.6. The van der Waals surface area contributed by atoms with Gasteiger partial charge in [0, 0.05) is 12.7 Å². The van der Waals surface area contributed by atoms with Crippen LogP contribution in [-0.4, -0.2) is 39.7 Å². The van der Waals surface area contributed by atoms with Gasteiger partial charge in [-0.15, -0.1) is 0 Å². The zero-order chi connectivity index (χ0) is 22.1. The van der Waals surface area contributed by atoms with Crippen molar-refractivity contribution in [2.45, 2.75) is 23.9 Å². The number of halogens is 3. The zero-order valence-corrected chi connectivity index (χ0v) is 16.4. The van der Waals surface area contributed by atoms with Gasteiger partial charge in [0.2, 0.25) is 5.88 Å². The van der Waals surface area contributed by atoms with E-state index in [0.29, 0.717) is 12.4 Å². The third-order valence-corrected chi connectivity index (χ3v) is 5.68. The first-order valence-electron chi connectivity index (χ1n) is 8.66. The first kappa shape index (κ1) is 21.4. The molecule has 0 fully saturated rings. The Morgan fingerprint density at radius 1 is 1.17 bits per heavy atom. The lowest BCUT2D eigenvalue weighted by Gasteiger charge is -2.09. The number of nitrogens with one attached hydrogen (secondary N) is 1. The quantitative estimate of drug-likeness (QED) is 0.608. The molecule has 0 bridgehead atoms. The van der Waals surface area contributed by atoms with Crippen LogP contribution < -0.4 is 11.0 Å². The van der Waals surface area contributed by atoms with E-state index in [9.17, 15) is 31.5 Å². The second-order valence-electron chi connectivity index (χ2n) is 6.26. The van der Waals surface area contributed by atoms with E-state index in [0.717, 1.165) is 34.4 Å². The van der Waals surface area contributed by atoms with Gasteiger partial charge < -0.3 is 10.4 Å². The van der Waals surface area contributed by atoms with Gasteiger partial charge in [-0.1, -0.05) is 0 Å². The van der Waals surface area contributed by atoms with Gasteiger partial charge >= 0.3 is 11.2 Å². The summed E-state index contributed by atoms with van der Waals surface area (Å²) in [6.45, 7) is 2.68. The normalized spacial score (nSPS) is 12.1. The fourth-order valence-corrected chi connectivity index (χ4v) is 3.55. The van der Waals surface area contributed by atoms with Crippen LogP contribution in [0.4, 0.5) is 19.0 Å². The van der Waals surface area contributed by atoms with Crippen LogP contribution in [0, 0.1) is 0 Å². The van der Waals surface area contributed by atoms with Gasteiger partial charge in [0.1, 0.15) is 5.82 Å². The summed E-state index contributed by atoms with van der Waals surface area (Å²) < 4.78 is 63.0. The highest BCUT2D eigenvalue weighted by molar-refractivity contribution is 7.92. The van der Waals surface area contributed by atoms with Crippen molar-refractivity contribution < 1.29 is 26.7 Å². The lowest BCUT2D eigenvalue weighted by molar-refractivity contribution is -0.0436. The Hall–Kier alpha value is -3.28. The molecule has 2 aromatic heterocycles. The molecule has 0 unspecified atom stereocenters. The lowest BCUT2D eigenvalue weighted by Crippen LogP contribution is -2.24. The Morgan fingerprint density at radius 3 is 2.43 bits per heavy atom. The van der Waals surface area contributed by atoms with Crippen LogP contribution in [0.2, 0.25) is 0 Å². The molecule has 0 aliphatic heterocycles. The molecular formula is C18H17F3N4O4S. The molecule has 12 heteroatoms. The molecule has 0 saturated carbocycles. The molecule has 0 spiro atoms. The van der Waals surface area contributed by atoms with Crippen molar-refractivity contribution in [3.63, 3.8) is 0 Å². The van der Waals surface area contributed by atoms with Gasteiger partial charge in [-0.2, -0.15) is 13.2 Å². The largest absolute Gasteiger partial charge is 0.501 e. The predicted molar refractivity (Wildman–Crippen MR) is 102 cm³/mol. The van der Waals surface area contributed by atoms with Crippen LogP contribution in [0.25, 0.3) is 5.69 Å². The van der Waals surface area contributed by atoms with Crippen molar-refractivity contribution in [1.82, 2.24) is 14.1 Å². The molecule has 2 N–H and O–H groups in total. The number of hydrogen-bond donors (Lipinski definition) is 2. The van der Waals surface area contributed by atoms with Gasteiger partial charge in [-0.25, -0.2) is 22.8 Å². The highest BCUT2D eigenvalue weighted by Gasteiger charge is 2.46. The van der Waals surface area contributed by atoms with Crippen molar-refractivity contribution in [1.29, 1.82) is 0 Å². The van der Waals surface area contributed by atoms with Crippen LogP contribution >= 0.6 is 0 Å². The number of anilines is 1. The van der Waals surface area contributed by atoms with Crippen molar-refractivity contribution in [2.24, 2.45) is 0 Å². The van der Waals surface area contributed by atoms with Crippen LogP contribution in [0.15, 0.2) is 58.5 Å². The second-order valence-corrected chi connectivity index (χ2v) is 8.20. The Labute approximate surface area is 169 Å². The van der Waals surface area contributed by atoms with E-state index < -0.39 is 31.8 Å². The predicted octanol–water partition coefficient (Wildman–Crippen LogP) is 2.51. The first-order valence-corrected chi connectivity index (χ1v) is 10.1. The van der Waals surface area contributed by atoms with E-state index in [1.165, 1.54) is 10.8 Å². The van der Waals surface area contributed by atoms with Crippen molar-refractivity contribution in [3.05, 3.63) is 64.8 Å². The van der Waals surface area contributed by atoms with E-state index in [2.05, 4.69) is 10.3 Å². The van der Waals surface area contributed by atoms with Crippen LogP contribution in [0.1, 0.15) is 12.5 Å². The van der Waals surface area contributed by atoms with Crippen molar-refractivity contribution in [3.8, 4) is 11.6 Å². The number of alkyl halides is 3. The van der Waals surface area contributed by atoms with Crippen LogP contribution in [-0.2, 0) is 16.4 Å². The molecule has 3 rings (SSSR count). The fourth-order valence-electron chi connectivity index (χ4n) is 2.79. The highest BCUT2D eigenvalue weighted by Crippen LogP contribution is 2.30. The standard InChI is InChI=1S/C18H17F3N4O4S/c1-2-22-15-9-12(7-8-23-15)10-24-11-16(26)25(17(24)27)13-3-5-14(6-4-13)30(28,29)18(19,20)21/h3-9,11,26H,2,10H2,1H3,(H,22,23). The third-order valence-electron chi connectivity index (χ3n) is 4.18. The van der Waals surface area contributed by atoms with E-state index >= 15 is 0 Å². The SMILES string of the molecule is CCNc1cc(Cn2cc(O)n(-c3ccc(S(=O)(=O)C(F)(F)F)cc3)c2=O)ccn1. The first-order chi connectivity index (χ1) is 14.0. The summed E-state index contributed by atoms with van der Waals surface area (Å²) in [5.41, 5.74) is -5.35. The van der Waals surface area contributed by atoms with Gasteiger partial charge in [-0.3, -0.25) is 4.57 Å². The highest BCUT2D eigenvalue weighted by atomic mass is 32.2. The van der Waals surface area contributed by atoms with Gasteiger partial charge in [0.25, 0.3) is 9.84 Å². The van der Waals surface area contributed by atoms with Crippen molar-refractivity contribution >= 4 is 15.7 Å². The fraction of sp³-hybridized carbons (Fsp3) is 0.222. The summed E-state index contributed by atoms with van der Waals surface area (Å²) in [6.07, 6.45) is 2.74. The van der Waals surface area contributed by atoms with Gasteiger partial charge in [0.05, 0.1) is 23.3 Å². The molecule has 0 saturated heterocycles. The monoisotopic (exact) mass is 442 g/mol. The lowest BCUT2D eigenvalue weighted by atomic mass is 10.2. The van der Waals surface area contributed by atoms with E-state index in [1.54, 1.807) is 18.3 Å². The molecule has 8 nitrogen and oxygen atoms in total. The average molecular weight is 442 g/mol. The molecule has 0 aliphatic rings. The number of rotatable bonds is 6. The summed E-state index contributed by atoms with van der Waals surface area (Å²) >= 11 is 0. The van der Waals surface area contributed by atoms with Crippen LogP contribution in [0.5, 0.6) is 5.88 Å². The number of benzene rings is 1. The number of pyridine rings is 1. The molecule has 0 radical (unpaired) electrons. The third kappa shape index (κ3) is 4.03. The average Bonchev–Trinajstić information content (AvgIpc) is 2.95. The number of sulfone groups is 1. The molecule has 30 heavy (non-hydrogen) atoms. The minimum Gasteiger partial charge on any atom is -0.493 e. The number of aromatic nitrogens is 3. The number of aromatic hydroxyl groups is 1. The van der Waals surface area contributed by atoms with Gasteiger partial charge in [-0.05, 0) is 48.9 Å². The van der Waals surface area contributed by atoms with Crippen molar-refractivity contribution in [2.75, 3.05) is 11.9 Å². The minimum atomic E-state index is -5.51. The molecule has 1 aromatic carbocycles. The molecule has 0 aliphatic carbocycles. The Kier molecular flexibility index (Phi) is 5.61. The Morgan fingerprint density at radius 2 is 1.83 bits per heavy atom. The topological polar surface area (TPSA) is 106 Å². The molecule has 3 aromatic rings. The van der Waals surface area contributed by atoms with Gasteiger partial charge in [0.15, 0.2) is 0 Å². The van der Waals surface area contributed by atoms with E-state index in [-0.39, 0.29) is 12.2 Å². The second kappa shape index (κ2) is 7.86. The maximum Gasteiger partial charge on any atom is 0.501 e. The Bertz CT molecular complexity index is 1220. The Balaban J connectivity index is 1.93. The maximum atomic E-state index is 12.7. The molecule has 0 atom stereocenters. The van der Waals surface area contributed by atoms with E-state index in [4.69, 9.17) is 0 Å². The molecule has 2 heterocycles. The molecular weight excluding hydrogens is 425 g/mol. The molecule has 0 amide bonds. The summed E-state index contributed by atoms with van der Waals surface area (Å²) in [6, 6.07) is 6.92. The number of imidazole rings is 1. The summed E-state index contributed by atoms with van der Waals surface area (Å²) in [5.74, 6) is 0.167. The smallest absolute Gasteiger partial charge is 0.493 e. The molecule has 160 valence electrons. The maximum absolute atomic E-state index is 12.7. The minimum absolute atomic E-state index is 0.0143. The summed E-state index contributed by atoms with van der Waals surface area (Å²) in [5, 5.41) is 13.2. The number of hydrogen-bond acceptors (Lipinski definition) is 6. The van der Waals surface area contributed by atoms with E-state index in [1.807, 2.05) is 6.92 Å². The number of nitrogens with zero attached hydrogens (tertiary/aromatic N) is 3. The van der Waals surface area contributed by atoms with Crippen LogP contribution in [0.3, 0.4) is 0 Å². The summed E-state index contributed by atoms with van der Waals surface area (Å²) in [7, 11) is -5.51. The summed E-state index contributed by atoms with van der Waals surface area (Å²) in [4.78, 5) is 15.8.